The number of carboxylic acid groups (broad SMARTS) is 1. The molecular weight excluding hydrogens is 356 g/mol. The number of nitrogens with zero attached hydrogens (tertiary/aromatic N) is 2. The molecule has 8 heteroatoms. The van der Waals surface area contributed by atoms with Gasteiger partial charge >= 0.3 is 5.97 Å². The molecule has 1 saturated carbocycles. The Labute approximate surface area is 154 Å². The highest BCUT2D eigenvalue weighted by atomic mass is 32.2. The van der Waals surface area contributed by atoms with Crippen LogP contribution in [0.4, 0.5) is 0 Å². The molecule has 0 saturated heterocycles. The lowest BCUT2D eigenvalue weighted by Gasteiger charge is -2.27. The molecule has 0 aromatic heterocycles. The fourth-order valence-electron chi connectivity index (χ4n) is 2.99. The maximum atomic E-state index is 12.9. The second-order valence-electron chi connectivity index (χ2n) is 6.53. The van der Waals surface area contributed by atoms with E-state index in [1.54, 1.807) is 32.9 Å². The zero-order chi connectivity index (χ0) is 19.6. The van der Waals surface area contributed by atoms with E-state index in [4.69, 9.17) is 0 Å². The summed E-state index contributed by atoms with van der Waals surface area (Å²) in [5, 5.41) is 9.29. The highest BCUT2D eigenvalue weighted by Gasteiger charge is 2.39. The van der Waals surface area contributed by atoms with E-state index >= 15 is 0 Å². The summed E-state index contributed by atoms with van der Waals surface area (Å²) in [5.74, 6) is -1.52. The number of rotatable bonds is 8. The molecule has 144 valence electrons. The average Bonchev–Trinajstić information content (AvgIpc) is 3.40. The Bertz CT molecular complexity index is 798. The molecule has 1 aromatic rings. The van der Waals surface area contributed by atoms with Crippen LogP contribution in [-0.2, 0) is 14.8 Å². The molecule has 1 aliphatic rings. The zero-order valence-electron chi connectivity index (χ0n) is 15.6. The number of carbonyl (C=O) groups excluding carboxylic acids is 1. The van der Waals surface area contributed by atoms with E-state index in [0.717, 1.165) is 12.8 Å². The molecule has 1 atom stereocenters. The predicted octanol–water partition coefficient (Wildman–Crippen LogP) is 2.10. The third-order valence-corrected chi connectivity index (χ3v) is 6.90. The van der Waals surface area contributed by atoms with Crippen molar-refractivity contribution in [1.82, 2.24) is 9.21 Å². The summed E-state index contributed by atoms with van der Waals surface area (Å²) in [6.45, 7) is 7.34. The van der Waals surface area contributed by atoms with Gasteiger partial charge in [0.25, 0.3) is 5.91 Å². The Morgan fingerprint density at radius 1 is 1.23 bits per heavy atom. The van der Waals surface area contributed by atoms with Crippen molar-refractivity contribution in [3.63, 3.8) is 0 Å². The number of hydrogen-bond donors (Lipinski definition) is 1. The van der Waals surface area contributed by atoms with Gasteiger partial charge in [-0.05, 0) is 44.4 Å². The molecule has 1 fully saturated rings. The fourth-order valence-corrected chi connectivity index (χ4v) is 4.70. The monoisotopic (exact) mass is 382 g/mol. The topological polar surface area (TPSA) is 95.0 Å². The van der Waals surface area contributed by atoms with Crippen molar-refractivity contribution < 1.29 is 23.1 Å². The van der Waals surface area contributed by atoms with Gasteiger partial charge in [0.1, 0.15) is 6.04 Å². The molecule has 0 spiro atoms. The van der Waals surface area contributed by atoms with E-state index in [1.165, 1.54) is 22.2 Å². The van der Waals surface area contributed by atoms with Crippen LogP contribution in [0.3, 0.4) is 0 Å². The van der Waals surface area contributed by atoms with E-state index in [9.17, 15) is 23.1 Å². The molecule has 26 heavy (non-hydrogen) atoms. The van der Waals surface area contributed by atoms with Gasteiger partial charge in [0.15, 0.2) is 0 Å². The number of aryl methyl sites for hydroxylation is 1. The van der Waals surface area contributed by atoms with Gasteiger partial charge in [0.05, 0.1) is 4.90 Å². The molecular formula is C18H26N2O5S. The Kier molecular flexibility index (Phi) is 6.08. The Morgan fingerprint density at radius 2 is 1.81 bits per heavy atom. The normalized spacial score (nSPS) is 15.7. The van der Waals surface area contributed by atoms with Crippen molar-refractivity contribution in [2.45, 2.75) is 57.5 Å². The van der Waals surface area contributed by atoms with E-state index in [2.05, 4.69) is 0 Å². The molecule has 1 amide bonds. The van der Waals surface area contributed by atoms with Crippen LogP contribution in [0.2, 0.25) is 0 Å². The summed E-state index contributed by atoms with van der Waals surface area (Å²) in [6.07, 6.45) is 1.53. The number of benzene rings is 1. The highest BCUT2D eigenvalue weighted by Crippen LogP contribution is 2.31. The lowest BCUT2D eigenvalue weighted by molar-refractivity contribution is -0.141. The third-order valence-electron chi connectivity index (χ3n) is 4.71. The molecule has 0 bridgehead atoms. The highest BCUT2D eigenvalue weighted by molar-refractivity contribution is 7.89. The van der Waals surface area contributed by atoms with Gasteiger partial charge in [-0.15, -0.1) is 0 Å². The van der Waals surface area contributed by atoms with E-state index in [-0.39, 0.29) is 16.5 Å². The van der Waals surface area contributed by atoms with Crippen LogP contribution in [0.5, 0.6) is 0 Å². The van der Waals surface area contributed by atoms with Crippen LogP contribution in [0.1, 0.15) is 49.5 Å². The first-order chi connectivity index (χ1) is 12.1. The van der Waals surface area contributed by atoms with Crippen LogP contribution in [0.15, 0.2) is 23.1 Å². The van der Waals surface area contributed by atoms with Crippen LogP contribution in [0, 0.1) is 6.92 Å². The summed E-state index contributed by atoms with van der Waals surface area (Å²) in [6, 6.07) is 3.47. The Morgan fingerprint density at radius 3 is 2.27 bits per heavy atom. The van der Waals surface area contributed by atoms with E-state index in [1.807, 2.05) is 0 Å². The maximum Gasteiger partial charge on any atom is 0.326 e. The van der Waals surface area contributed by atoms with Crippen molar-refractivity contribution >= 4 is 21.9 Å². The smallest absolute Gasteiger partial charge is 0.326 e. The fraction of sp³-hybridized carbons (Fsp3) is 0.556. The molecule has 2 rings (SSSR count). The summed E-state index contributed by atoms with van der Waals surface area (Å²) >= 11 is 0. The Balaban J connectivity index is 2.45. The first-order valence-electron chi connectivity index (χ1n) is 8.81. The molecule has 0 aliphatic heterocycles. The van der Waals surface area contributed by atoms with Gasteiger partial charge in [0, 0.05) is 24.7 Å². The number of carbonyl (C=O) groups is 2. The van der Waals surface area contributed by atoms with Crippen molar-refractivity contribution in [1.29, 1.82) is 0 Å². The van der Waals surface area contributed by atoms with Crippen molar-refractivity contribution in [2.75, 3.05) is 13.1 Å². The summed E-state index contributed by atoms with van der Waals surface area (Å²) in [5.41, 5.74) is 0.749. The average molecular weight is 382 g/mol. The first-order valence-corrected chi connectivity index (χ1v) is 10.2. The van der Waals surface area contributed by atoms with Crippen LogP contribution >= 0.6 is 0 Å². The quantitative estimate of drug-likeness (QED) is 0.743. The van der Waals surface area contributed by atoms with Gasteiger partial charge in [-0.3, -0.25) is 4.79 Å². The maximum absolute atomic E-state index is 12.9. The molecule has 1 unspecified atom stereocenters. The second kappa shape index (κ2) is 7.75. The largest absolute Gasteiger partial charge is 0.480 e. The summed E-state index contributed by atoms with van der Waals surface area (Å²) < 4.78 is 27.0. The van der Waals surface area contributed by atoms with E-state index in [0.29, 0.717) is 18.7 Å². The number of aliphatic carboxylic acids is 1. The Hall–Kier alpha value is -1.93. The lowest BCUT2D eigenvalue weighted by Crippen LogP contribution is -2.44. The second-order valence-corrected chi connectivity index (χ2v) is 8.43. The number of hydrogen-bond acceptors (Lipinski definition) is 4. The van der Waals surface area contributed by atoms with Crippen molar-refractivity contribution in [2.24, 2.45) is 0 Å². The van der Waals surface area contributed by atoms with E-state index < -0.39 is 27.9 Å². The van der Waals surface area contributed by atoms with Gasteiger partial charge in [-0.1, -0.05) is 19.9 Å². The molecule has 1 aromatic carbocycles. The standard InChI is InChI=1S/C18H26N2O5S/c1-5-19(6-2)26(24,25)16-11-14(8-7-12(16)3)17(21)20(15-9-10-15)13(4)18(22)23/h7-8,11,13,15H,5-6,9-10H2,1-4H3,(H,22,23). The van der Waals surface area contributed by atoms with Crippen LogP contribution in [-0.4, -0.2) is 59.8 Å². The number of sulfonamides is 1. The van der Waals surface area contributed by atoms with Gasteiger partial charge in [0.2, 0.25) is 10.0 Å². The molecule has 0 radical (unpaired) electrons. The minimum Gasteiger partial charge on any atom is -0.480 e. The zero-order valence-corrected chi connectivity index (χ0v) is 16.4. The SMILES string of the molecule is CCN(CC)S(=O)(=O)c1cc(C(=O)N(C2CC2)C(C)C(=O)O)ccc1C. The number of carboxylic acids is 1. The van der Waals surface area contributed by atoms with Gasteiger partial charge < -0.3 is 10.0 Å². The molecule has 7 nitrogen and oxygen atoms in total. The van der Waals surface area contributed by atoms with Crippen LogP contribution < -0.4 is 0 Å². The lowest BCUT2D eigenvalue weighted by atomic mass is 10.1. The predicted molar refractivity (Wildman–Crippen MR) is 97.6 cm³/mol. The first kappa shape index (κ1) is 20.4. The summed E-state index contributed by atoms with van der Waals surface area (Å²) in [4.78, 5) is 25.7. The minimum atomic E-state index is -3.71. The van der Waals surface area contributed by atoms with Crippen molar-refractivity contribution in [3.05, 3.63) is 29.3 Å². The molecule has 0 heterocycles. The van der Waals surface area contributed by atoms with Crippen molar-refractivity contribution in [3.8, 4) is 0 Å². The molecule has 1 aliphatic carbocycles. The third kappa shape index (κ3) is 3.91. The van der Waals surface area contributed by atoms with Gasteiger partial charge in [-0.2, -0.15) is 4.31 Å². The van der Waals surface area contributed by atoms with Gasteiger partial charge in [-0.25, -0.2) is 13.2 Å². The molecule has 1 N–H and O–H groups in total. The van der Waals surface area contributed by atoms with Crippen LogP contribution in [0.25, 0.3) is 0 Å². The summed E-state index contributed by atoms with van der Waals surface area (Å²) in [7, 11) is -3.71. The minimum absolute atomic E-state index is 0.0887. The number of amides is 1.